The largest absolute Gasteiger partial charge is 0.355 e. The van der Waals surface area contributed by atoms with E-state index in [1.807, 2.05) is 43.5 Å². The minimum atomic E-state index is -0.137. The fourth-order valence-electron chi connectivity index (χ4n) is 2.95. The van der Waals surface area contributed by atoms with Crippen molar-refractivity contribution >= 4 is 17.6 Å². The van der Waals surface area contributed by atoms with Crippen LogP contribution in [0.2, 0.25) is 0 Å². The molecule has 0 saturated carbocycles. The molecule has 0 spiro atoms. The van der Waals surface area contributed by atoms with Crippen molar-refractivity contribution in [2.75, 3.05) is 44.6 Å². The Kier molecular flexibility index (Phi) is 5.85. The van der Waals surface area contributed by atoms with Crippen molar-refractivity contribution in [1.82, 2.24) is 24.9 Å². The van der Waals surface area contributed by atoms with E-state index in [1.165, 1.54) is 0 Å². The fourth-order valence-corrected chi connectivity index (χ4v) is 2.95. The highest BCUT2D eigenvalue weighted by molar-refractivity contribution is 5.91. The number of nitrogens with one attached hydrogen (secondary N) is 2. The number of rotatable bonds is 5. The highest BCUT2D eigenvalue weighted by atomic mass is 16.2. The fraction of sp³-hybridized carbons (Fsp3) is 0.389. The lowest BCUT2D eigenvalue weighted by Gasteiger charge is -2.34. The normalized spacial score (nSPS) is 14.9. The van der Waals surface area contributed by atoms with Crippen molar-refractivity contribution in [3.05, 3.63) is 42.7 Å². The van der Waals surface area contributed by atoms with Crippen molar-refractivity contribution in [3.8, 4) is 5.69 Å². The maximum Gasteiger partial charge on any atom is 0.321 e. The second kappa shape index (κ2) is 8.48. The summed E-state index contributed by atoms with van der Waals surface area (Å²) in [5, 5.41) is 10.00. The number of hydrogen-bond acceptors (Lipinski definition) is 4. The summed E-state index contributed by atoms with van der Waals surface area (Å²) in [5.74, 6) is 0.0264. The number of piperazine rings is 1. The molecule has 138 valence electrons. The average molecular weight is 356 g/mol. The molecule has 0 radical (unpaired) electrons. The lowest BCUT2D eigenvalue weighted by Crippen LogP contribution is -2.52. The van der Waals surface area contributed by atoms with Gasteiger partial charge in [0.05, 0.1) is 17.9 Å². The molecule has 1 aliphatic rings. The molecule has 1 saturated heterocycles. The Morgan fingerprint density at radius 3 is 2.58 bits per heavy atom. The highest BCUT2D eigenvalue weighted by Gasteiger charge is 2.22. The summed E-state index contributed by atoms with van der Waals surface area (Å²) >= 11 is 0. The van der Waals surface area contributed by atoms with Crippen molar-refractivity contribution in [2.45, 2.75) is 6.92 Å². The standard InChI is InChI=1S/C18H24N6O2/c1-2-19-17(25)14-22-10-12-23(13-11-22)18(26)21-15-6-3-4-7-16(15)24-9-5-8-20-24/h3-9H,2,10-14H2,1H3,(H,19,25)(H,21,26). The van der Waals surface area contributed by atoms with Crippen molar-refractivity contribution in [2.24, 2.45) is 0 Å². The predicted octanol–water partition coefficient (Wildman–Crippen LogP) is 1.16. The van der Waals surface area contributed by atoms with E-state index in [0.717, 1.165) is 5.69 Å². The Morgan fingerprint density at radius 1 is 1.12 bits per heavy atom. The zero-order valence-electron chi connectivity index (χ0n) is 14.9. The third-order valence-corrected chi connectivity index (χ3v) is 4.30. The van der Waals surface area contributed by atoms with E-state index in [-0.39, 0.29) is 11.9 Å². The number of aromatic nitrogens is 2. The van der Waals surface area contributed by atoms with E-state index >= 15 is 0 Å². The van der Waals surface area contributed by atoms with E-state index in [9.17, 15) is 9.59 Å². The third kappa shape index (κ3) is 4.40. The van der Waals surface area contributed by atoms with Gasteiger partial charge >= 0.3 is 6.03 Å². The van der Waals surface area contributed by atoms with Crippen molar-refractivity contribution < 1.29 is 9.59 Å². The molecule has 0 bridgehead atoms. The summed E-state index contributed by atoms with van der Waals surface area (Å²) in [4.78, 5) is 28.1. The van der Waals surface area contributed by atoms with Crippen LogP contribution in [-0.2, 0) is 4.79 Å². The van der Waals surface area contributed by atoms with Crippen molar-refractivity contribution in [1.29, 1.82) is 0 Å². The van der Waals surface area contributed by atoms with Gasteiger partial charge in [-0.1, -0.05) is 12.1 Å². The maximum atomic E-state index is 12.6. The lowest BCUT2D eigenvalue weighted by atomic mass is 10.2. The first-order valence-electron chi connectivity index (χ1n) is 8.81. The van der Waals surface area contributed by atoms with Gasteiger partial charge in [-0.25, -0.2) is 9.48 Å². The molecule has 1 fully saturated rings. The summed E-state index contributed by atoms with van der Waals surface area (Å²) in [5.41, 5.74) is 1.53. The van der Waals surface area contributed by atoms with Gasteiger partial charge in [0.15, 0.2) is 0 Å². The maximum absolute atomic E-state index is 12.6. The summed E-state index contributed by atoms with van der Waals surface area (Å²) in [6.07, 6.45) is 3.54. The first-order chi connectivity index (χ1) is 12.7. The van der Waals surface area contributed by atoms with Gasteiger partial charge < -0.3 is 15.5 Å². The van der Waals surface area contributed by atoms with Gasteiger partial charge in [0.1, 0.15) is 0 Å². The molecule has 26 heavy (non-hydrogen) atoms. The van der Waals surface area contributed by atoms with Crippen LogP contribution in [0, 0.1) is 0 Å². The monoisotopic (exact) mass is 356 g/mol. The van der Waals surface area contributed by atoms with Crippen LogP contribution in [-0.4, -0.2) is 70.8 Å². The van der Waals surface area contributed by atoms with Gasteiger partial charge in [0.25, 0.3) is 0 Å². The molecule has 1 aromatic heterocycles. The Morgan fingerprint density at radius 2 is 1.88 bits per heavy atom. The summed E-state index contributed by atoms with van der Waals surface area (Å²) < 4.78 is 1.72. The van der Waals surface area contributed by atoms with Crippen LogP contribution in [0.5, 0.6) is 0 Å². The molecule has 8 nitrogen and oxygen atoms in total. The first kappa shape index (κ1) is 17.9. The van der Waals surface area contributed by atoms with Crippen LogP contribution < -0.4 is 10.6 Å². The number of hydrogen-bond donors (Lipinski definition) is 2. The molecule has 2 aromatic rings. The number of carbonyl (C=O) groups excluding carboxylic acids is 2. The Balaban J connectivity index is 1.56. The lowest BCUT2D eigenvalue weighted by molar-refractivity contribution is -0.122. The third-order valence-electron chi connectivity index (χ3n) is 4.30. The second-order valence-electron chi connectivity index (χ2n) is 6.11. The molecule has 1 aromatic carbocycles. The number of anilines is 1. The van der Waals surface area contributed by atoms with E-state index in [1.54, 1.807) is 15.8 Å². The van der Waals surface area contributed by atoms with E-state index in [4.69, 9.17) is 0 Å². The molecule has 3 rings (SSSR count). The topological polar surface area (TPSA) is 82.5 Å². The van der Waals surface area contributed by atoms with Crippen LogP contribution in [0.1, 0.15) is 6.92 Å². The van der Waals surface area contributed by atoms with Gasteiger partial charge in [-0.2, -0.15) is 5.10 Å². The SMILES string of the molecule is CCNC(=O)CN1CCN(C(=O)Nc2ccccc2-n2cccn2)CC1. The van der Waals surface area contributed by atoms with Gasteiger partial charge in [0, 0.05) is 45.1 Å². The predicted molar refractivity (Wildman–Crippen MR) is 99.3 cm³/mol. The summed E-state index contributed by atoms with van der Waals surface area (Å²) in [6.45, 7) is 5.48. The molecular weight excluding hydrogens is 332 g/mol. The Hall–Kier alpha value is -2.87. The van der Waals surface area contributed by atoms with Gasteiger partial charge in [-0.05, 0) is 25.1 Å². The first-order valence-corrected chi connectivity index (χ1v) is 8.81. The van der Waals surface area contributed by atoms with Crippen molar-refractivity contribution in [3.63, 3.8) is 0 Å². The molecular formula is C18H24N6O2. The molecule has 3 amide bonds. The summed E-state index contributed by atoms with van der Waals surface area (Å²) in [7, 11) is 0. The van der Waals surface area contributed by atoms with E-state index in [0.29, 0.717) is 45.0 Å². The van der Waals surface area contributed by atoms with Crippen LogP contribution >= 0.6 is 0 Å². The number of para-hydroxylation sites is 2. The van der Waals surface area contributed by atoms with E-state index < -0.39 is 0 Å². The average Bonchev–Trinajstić information content (AvgIpc) is 3.17. The minimum Gasteiger partial charge on any atom is -0.355 e. The van der Waals surface area contributed by atoms with E-state index in [2.05, 4.69) is 20.6 Å². The number of urea groups is 1. The molecule has 0 unspecified atom stereocenters. The molecule has 0 atom stereocenters. The number of carbonyl (C=O) groups is 2. The molecule has 8 heteroatoms. The summed E-state index contributed by atoms with van der Waals surface area (Å²) in [6, 6.07) is 9.27. The molecule has 2 N–H and O–H groups in total. The number of nitrogens with zero attached hydrogens (tertiary/aromatic N) is 4. The van der Waals surface area contributed by atoms with Crippen LogP contribution in [0.15, 0.2) is 42.7 Å². The number of amides is 3. The molecule has 1 aliphatic heterocycles. The van der Waals surface area contributed by atoms with Crippen LogP contribution in [0.25, 0.3) is 5.69 Å². The molecule has 0 aliphatic carbocycles. The Bertz CT molecular complexity index is 738. The quantitative estimate of drug-likeness (QED) is 0.842. The zero-order valence-corrected chi connectivity index (χ0v) is 14.9. The number of likely N-dealkylation sites (N-methyl/N-ethyl adjacent to an activating group) is 1. The van der Waals surface area contributed by atoms with Gasteiger partial charge in [0.2, 0.25) is 5.91 Å². The van der Waals surface area contributed by atoms with Crippen LogP contribution in [0.3, 0.4) is 0 Å². The van der Waals surface area contributed by atoms with Crippen LogP contribution in [0.4, 0.5) is 10.5 Å². The zero-order chi connectivity index (χ0) is 18.4. The number of benzene rings is 1. The highest BCUT2D eigenvalue weighted by Crippen LogP contribution is 2.19. The second-order valence-corrected chi connectivity index (χ2v) is 6.11. The van der Waals surface area contributed by atoms with Gasteiger partial charge in [-0.15, -0.1) is 0 Å². The van der Waals surface area contributed by atoms with Gasteiger partial charge in [-0.3, -0.25) is 9.69 Å². The smallest absolute Gasteiger partial charge is 0.321 e. The Labute approximate surface area is 152 Å². The molecule has 2 heterocycles. The minimum absolute atomic E-state index is 0.0264.